The number of benzene rings is 1. The third-order valence-electron chi connectivity index (χ3n) is 3.85. The van der Waals surface area contributed by atoms with E-state index in [4.69, 9.17) is 5.26 Å². The van der Waals surface area contributed by atoms with Crippen LogP contribution in [0.1, 0.15) is 17.0 Å². The Hall–Kier alpha value is -3.47. The summed E-state index contributed by atoms with van der Waals surface area (Å²) in [5.74, 6) is 0.706. The van der Waals surface area contributed by atoms with Gasteiger partial charge in [-0.2, -0.15) is 5.26 Å². The Morgan fingerprint density at radius 3 is 2.88 bits per heavy atom. The van der Waals surface area contributed by atoms with Crippen molar-refractivity contribution in [2.24, 2.45) is 0 Å². The Kier molecular flexibility index (Phi) is 3.83. The van der Waals surface area contributed by atoms with Crippen LogP contribution in [0.3, 0.4) is 0 Å². The van der Waals surface area contributed by atoms with Gasteiger partial charge in [-0.15, -0.1) is 10.2 Å². The summed E-state index contributed by atoms with van der Waals surface area (Å²) in [7, 11) is 1.80. The monoisotopic (exact) mass is 322 g/mol. The van der Waals surface area contributed by atoms with E-state index in [0.717, 1.165) is 5.65 Å². The van der Waals surface area contributed by atoms with E-state index < -0.39 is 4.92 Å². The molecule has 0 unspecified atom stereocenters. The van der Waals surface area contributed by atoms with Crippen molar-refractivity contribution in [3.05, 3.63) is 63.6 Å². The molecule has 3 aromatic rings. The zero-order chi connectivity index (χ0) is 17.3. The maximum absolute atomic E-state index is 11.2. The van der Waals surface area contributed by atoms with Crippen molar-refractivity contribution in [3.8, 4) is 6.07 Å². The number of pyridine rings is 1. The molecule has 8 heteroatoms. The minimum atomic E-state index is -0.472. The zero-order valence-electron chi connectivity index (χ0n) is 13.2. The number of nitro groups is 1. The van der Waals surface area contributed by atoms with Gasteiger partial charge in [-0.05, 0) is 25.1 Å². The van der Waals surface area contributed by atoms with E-state index in [1.165, 1.54) is 6.07 Å². The summed E-state index contributed by atoms with van der Waals surface area (Å²) >= 11 is 0. The molecule has 8 nitrogen and oxygen atoms in total. The van der Waals surface area contributed by atoms with Gasteiger partial charge in [0.25, 0.3) is 5.69 Å². The number of hydrogen-bond acceptors (Lipinski definition) is 6. The van der Waals surface area contributed by atoms with Crippen molar-refractivity contribution in [2.75, 3.05) is 11.9 Å². The van der Waals surface area contributed by atoms with Gasteiger partial charge in [0, 0.05) is 25.0 Å². The molecule has 0 fully saturated rings. The Morgan fingerprint density at radius 2 is 2.17 bits per heavy atom. The molecule has 0 aliphatic rings. The fourth-order valence-corrected chi connectivity index (χ4v) is 2.63. The molecule has 2 aromatic heterocycles. The maximum Gasteiger partial charge on any atom is 0.275 e. The summed E-state index contributed by atoms with van der Waals surface area (Å²) in [6.45, 7) is 2.07. The van der Waals surface area contributed by atoms with Crippen molar-refractivity contribution in [3.63, 3.8) is 0 Å². The van der Waals surface area contributed by atoms with Crippen LogP contribution in [0.4, 0.5) is 11.4 Å². The molecule has 0 aliphatic carbocycles. The highest BCUT2D eigenvalue weighted by molar-refractivity contribution is 5.65. The third-order valence-corrected chi connectivity index (χ3v) is 3.85. The van der Waals surface area contributed by atoms with Gasteiger partial charge in [-0.3, -0.25) is 14.5 Å². The molecular formula is C16H14N6O2. The predicted octanol–water partition coefficient (Wildman–Crippen LogP) is 2.45. The lowest BCUT2D eigenvalue weighted by atomic mass is 10.1. The first-order chi connectivity index (χ1) is 11.5. The lowest BCUT2D eigenvalue weighted by molar-refractivity contribution is -0.385. The second-order valence-corrected chi connectivity index (χ2v) is 5.41. The van der Waals surface area contributed by atoms with Crippen LogP contribution in [0.2, 0.25) is 0 Å². The zero-order valence-corrected chi connectivity index (χ0v) is 13.2. The lowest BCUT2D eigenvalue weighted by Gasteiger charge is -2.20. The van der Waals surface area contributed by atoms with Crippen molar-refractivity contribution in [2.45, 2.75) is 13.5 Å². The van der Waals surface area contributed by atoms with Crippen LogP contribution in [0, 0.1) is 28.4 Å². The fraction of sp³-hybridized carbons (Fsp3) is 0.188. The molecule has 2 heterocycles. The molecule has 0 amide bonds. The number of rotatable bonds is 4. The highest BCUT2D eigenvalue weighted by Gasteiger charge is 2.19. The predicted molar refractivity (Wildman–Crippen MR) is 87.6 cm³/mol. The van der Waals surface area contributed by atoms with Gasteiger partial charge in [0.15, 0.2) is 11.5 Å². The third kappa shape index (κ3) is 2.63. The molecule has 0 aliphatic heterocycles. The molecule has 120 valence electrons. The van der Waals surface area contributed by atoms with E-state index in [2.05, 4.69) is 10.2 Å². The maximum atomic E-state index is 11.2. The molecule has 24 heavy (non-hydrogen) atoms. The Labute approximate surface area is 137 Å². The summed E-state index contributed by atoms with van der Waals surface area (Å²) < 4.78 is 1.86. The van der Waals surface area contributed by atoms with E-state index in [9.17, 15) is 10.1 Å². The average Bonchev–Trinajstić information content (AvgIpc) is 2.98. The van der Waals surface area contributed by atoms with E-state index in [1.807, 2.05) is 39.8 Å². The number of nitrogens with zero attached hydrogens (tertiary/aromatic N) is 6. The number of aromatic nitrogens is 3. The molecule has 3 rings (SSSR count). The van der Waals surface area contributed by atoms with Gasteiger partial charge in [-0.25, -0.2) is 0 Å². The second-order valence-electron chi connectivity index (χ2n) is 5.41. The van der Waals surface area contributed by atoms with E-state index in [1.54, 1.807) is 20.0 Å². The first kappa shape index (κ1) is 15.4. The summed E-state index contributed by atoms with van der Waals surface area (Å²) in [4.78, 5) is 12.6. The van der Waals surface area contributed by atoms with Crippen molar-refractivity contribution in [1.82, 2.24) is 14.6 Å². The molecule has 1 aromatic carbocycles. The largest absolute Gasteiger partial charge is 0.367 e. The summed E-state index contributed by atoms with van der Waals surface area (Å²) in [6, 6.07) is 10.5. The van der Waals surface area contributed by atoms with Crippen LogP contribution in [0.5, 0.6) is 0 Å². The van der Waals surface area contributed by atoms with Crippen LogP contribution in [0.15, 0.2) is 36.5 Å². The molecule has 0 spiro atoms. The number of nitriles is 1. The van der Waals surface area contributed by atoms with Gasteiger partial charge in [0.05, 0.1) is 28.7 Å². The fourth-order valence-electron chi connectivity index (χ4n) is 2.63. The SMILES string of the molecule is Cc1c(N(C)Cc2nnc3ccccn23)cc(C#N)cc1[N+](=O)[O-]. The number of nitro benzene ring substituents is 1. The Bertz CT molecular complexity index is 972. The average molecular weight is 322 g/mol. The normalized spacial score (nSPS) is 10.5. The molecule has 0 saturated carbocycles. The summed E-state index contributed by atoms with van der Waals surface area (Å²) in [5.41, 5.74) is 2.04. The van der Waals surface area contributed by atoms with Crippen LogP contribution in [-0.2, 0) is 6.54 Å². The van der Waals surface area contributed by atoms with Gasteiger partial charge < -0.3 is 4.90 Å². The lowest BCUT2D eigenvalue weighted by Crippen LogP contribution is -2.20. The highest BCUT2D eigenvalue weighted by atomic mass is 16.6. The molecule has 0 radical (unpaired) electrons. The van der Waals surface area contributed by atoms with Gasteiger partial charge >= 0.3 is 0 Å². The highest BCUT2D eigenvalue weighted by Crippen LogP contribution is 2.30. The quantitative estimate of drug-likeness (QED) is 0.540. The van der Waals surface area contributed by atoms with Crippen molar-refractivity contribution in [1.29, 1.82) is 5.26 Å². The van der Waals surface area contributed by atoms with E-state index in [0.29, 0.717) is 23.6 Å². The van der Waals surface area contributed by atoms with Crippen LogP contribution < -0.4 is 4.90 Å². The van der Waals surface area contributed by atoms with Crippen LogP contribution in [0.25, 0.3) is 5.65 Å². The molecule has 0 N–H and O–H groups in total. The molecule has 0 atom stereocenters. The van der Waals surface area contributed by atoms with Gasteiger partial charge in [-0.1, -0.05) is 6.07 Å². The number of hydrogen-bond donors (Lipinski definition) is 0. The Balaban J connectivity index is 2.01. The molecule has 0 bridgehead atoms. The first-order valence-corrected chi connectivity index (χ1v) is 7.20. The van der Waals surface area contributed by atoms with E-state index in [-0.39, 0.29) is 11.3 Å². The van der Waals surface area contributed by atoms with E-state index >= 15 is 0 Å². The summed E-state index contributed by atoms with van der Waals surface area (Å²) in [6.07, 6.45) is 1.86. The van der Waals surface area contributed by atoms with Gasteiger partial charge in [0.1, 0.15) is 0 Å². The topological polar surface area (TPSA) is 100 Å². The van der Waals surface area contributed by atoms with Crippen molar-refractivity contribution < 1.29 is 4.92 Å². The second kappa shape index (κ2) is 5.96. The minimum absolute atomic E-state index is 0.0676. The number of anilines is 1. The Morgan fingerprint density at radius 1 is 1.38 bits per heavy atom. The standard InChI is InChI=1S/C16H14N6O2/c1-11-13(7-12(9-17)8-14(11)22(23)24)20(2)10-16-19-18-15-5-3-4-6-21(15)16/h3-8H,10H2,1-2H3. The van der Waals surface area contributed by atoms with Crippen LogP contribution >= 0.6 is 0 Å². The van der Waals surface area contributed by atoms with Crippen molar-refractivity contribution >= 4 is 17.0 Å². The molecule has 0 saturated heterocycles. The smallest absolute Gasteiger partial charge is 0.275 e. The van der Waals surface area contributed by atoms with Gasteiger partial charge in [0.2, 0.25) is 0 Å². The number of fused-ring (bicyclic) bond motifs is 1. The molecular weight excluding hydrogens is 308 g/mol. The van der Waals surface area contributed by atoms with Crippen LogP contribution in [-0.4, -0.2) is 26.6 Å². The minimum Gasteiger partial charge on any atom is -0.367 e. The summed E-state index contributed by atoms with van der Waals surface area (Å²) in [5, 5.41) is 28.6. The first-order valence-electron chi connectivity index (χ1n) is 7.20.